The lowest BCUT2D eigenvalue weighted by Gasteiger charge is -2.30. The highest BCUT2D eigenvalue weighted by Crippen LogP contribution is 2.47. The van der Waals surface area contributed by atoms with E-state index in [9.17, 15) is 0 Å². The van der Waals surface area contributed by atoms with Crippen LogP contribution in [-0.4, -0.2) is 0 Å². The number of hydrogen-bond acceptors (Lipinski definition) is 6. The van der Waals surface area contributed by atoms with Gasteiger partial charge in [0, 0.05) is 99.2 Å². The number of furan rings is 1. The van der Waals surface area contributed by atoms with Gasteiger partial charge < -0.3 is 24.0 Å². The SMILES string of the molecule is c1ccc(N(c2ccccc2)c2cc(-c3ccc(-c4ccc5oc6ccccc6c5c4)cc3)cc(N(c3ccccc3)c3ccccc3)c2)cc1.c1ccc(N(c2ccccc2)c2cc(-c3ccc(-c4ccc5sc6ccccc6c5c4)cc3)cc(N(c3ccccc3)c3ccccc3)c2)cc1. The van der Waals surface area contributed by atoms with Crippen LogP contribution in [0.5, 0.6) is 0 Å². The molecule has 0 saturated heterocycles. The highest BCUT2D eigenvalue weighted by Gasteiger charge is 2.22. The van der Waals surface area contributed by atoms with Crippen LogP contribution in [0.3, 0.4) is 0 Å². The third-order valence-electron chi connectivity index (χ3n) is 18.8. The molecule has 2 aromatic heterocycles. The second kappa shape index (κ2) is 28.3. The Morgan fingerprint density at radius 1 is 0.157 bits per heavy atom. The molecule has 18 aromatic rings. The summed E-state index contributed by atoms with van der Waals surface area (Å²) in [7, 11) is 0. The molecule has 102 heavy (non-hydrogen) atoms. The van der Waals surface area contributed by atoms with E-state index in [4.69, 9.17) is 4.42 Å². The number of hydrogen-bond donors (Lipinski definition) is 0. The van der Waals surface area contributed by atoms with Crippen LogP contribution in [0.1, 0.15) is 0 Å². The standard InChI is InChI=1S/C48H34N2O.C48H34N2S/c2*1-5-15-39(16-6-1)49(40-17-7-2-8-18-40)43-31-38(32-44(34-43)50(41-19-9-3-10-20-41)42-21-11-4-12-22-42)36-27-25-35(26-28-36)37-29-30-48-46(33-37)45-23-13-14-24-47(45)51-48/h2*1-34H. The van der Waals surface area contributed by atoms with Crippen LogP contribution >= 0.6 is 11.3 Å². The summed E-state index contributed by atoms with van der Waals surface area (Å²) in [6.45, 7) is 0. The molecule has 484 valence electrons. The molecule has 0 bridgehead atoms. The minimum absolute atomic E-state index is 0.906. The summed E-state index contributed by atoms with van der Waals surface area (Å²) in [5.41, 5.74) is 24.2. The Morgan fingerprint density at radius 3 is 0.765 bits per heavy atom. The fourth-order valence-electron chi connectivity index (χ4n) is 14.0. The molecule has 0 N–H and O–H groups in total. The lowest BCUT2D eigenvalue weighted by molar-refractivity contribution is 0.669. The van der Waals surface area contributed by atoms with Crippen molar-refractivity contribution in [2.24, 2.45) is 0 Å². The van der Waals surface area contributed by atoms with Crippen LogP contribution in [0.4, 0.5) is 68.2 Å². The normalized spacial score (nSPS) is 11.1. The average Bonchev–Trinajstić information content (AvgIpc) is 1.08. The maximum absolute atomic E-state index is 6.10. The highest BCUT2D eigenvalue weighted by atomic mass is 32.1. The zero-order valence-electron chi connectivity index (χ0n) is 55.9. The maximum atomic E-state index is 6.10. The van der Waals surface area contributed by atoms with Crippen LogP contribution in [-0.2, 0) is 0 Å². The summed E-state index contributed by atoms with van der Waals surface area (Å²) in [6.07, 6.45) is 0. The molecule has 0 amide bonds. The number of thiophene rings is 1. The third kappa shape index (κ3) is 12.9. The Labute approximate surface area is 598 Å². The van der Waals surface area contributed by atoms with E-state index in [0.29, 0.717) is 0 Å². The zero-order valence-corrected chi connectivity index (χ0v) is 56.7. The summed E-state index contributed by atoms with van der Waals surface area (Å²) in [6, 6.07) is 147. The molecular formula is C96H68N4OS. The Morgan fingerprint density at radius 2 is 0.412 bits per heavy atom. The molecule has 0 saturated carbocycles. The van der Waals surface area contributed by atoms with Gasteiger partial charge in [-0.05, 0) is 214 Å². The van der Waals surface area contributed by atoms with Gasteiger partial charge in [0.25, 0.3) is 0 Å². The lowest BCUT2D eigenvalue weighted by atomic mass is 9.98. The lowest BCUT2D eigenvalue weighted by Crippen LogP contribution is -2.13. The monoisotopic (exact) mass is 1320 g/mol. The molecule has 2 heterocycles. The predicted octanol–water partition coefficient (Wildman–Crippen LogP) is 28.2. The van der Waals surface area contributed by atoms with Crippen molar-refractivity contribution in [2.75, 3.05) is 19.6 Å². The minimum atomic E-state index is 0.906. The quantitative estimate of drug-likeness (QED) is 0.0961. The molecule has 0 atom stereocenters. The Kier molecular flexibility index (Phi) is 17.3. The van der Waals surface area contributed by atoms with E-state index in [1.807, 2.05) is 23.5 Å². The van der Waals surface area contributed by atoms with Crippen molar-refractivity contribution in [3.8, 4) is 44.5 Å². The van der Waals surface area contributed by atoms with E-state index in [1.165, 1.54) is 31.3 Å². The predicted molar refractivity (Wildman–Crippen MR) is 434 cm³/mol. The molecule has 0 spiro atoms. The first-order valence-corrected chi connectivity index (χ1v) is 35.3. The molecule has 18 rings (SSSR count). The molecule has 0 fully saturated rings. The molecule has 0 aliphatic carbocycles. The highest BCUT2D eigenvalue weighted by molar-refractivity contribution is 7.25. The number of benzene rings is 16. The van der Waals surface area contributed by atoms with Gasteiger partial charge in [-0.3, -0.25) is 0 Å². The Hall–Kier alpha value is -13.3. The first-order chi connectivity index (χ1) is 50.6. The van der Waals surface area contributed by atoms with Crippen molar-refractivity contribution in [3.05, 3.63) is 413 Å². The Balaban J connectivity index is 0.000000152. The topological polar surface area (TPSA) is 26.1 Å². The van der Waals surface area contributed by atoms with Crippen molar-refractivity contribution in [1.29, 1.82) is 0 Å². The summed E-state index contributed by atoms with van der Waals surface area (Å²) in [5, 5.41) is 4.91. The van der Waals surface area contributed by atoms with Crippen LogP contribution in [0.15, 0.2) is 417 Å². The maximum Gasteiger partial charge on any atom is 0.135 e. The van der Waals surface area contributed by atoms with Crippen LogP contribution in [0, 0.1) is 0 Å². The zero-order chi connectivity index (χ0) is 68.0. The second-order valence-corrected chi connectivity index (χ2v) is 26.4. The number of para-hydroxylation sites is 9. The van der Waals surface area contributed by atoms with E-state index < -0.39 is 0 Å². The molecular weight excluding hydrogens is 1260 g/mol. The molecule has 0 aliphatic rings. The molecule has 0 aliphatic heterocycles. The fraction of sp³-hybridized carbons (Fsp3) is 0. The van der Waals surface area contributed by atoms with Crippen molar-refractivity contribution in [3.63, 3.8) is 0 Å². The average molecular weight is 1330 g/mol. The van der Waals surface area contributed by atoms with Gasteiger partial charge in [-0.2, -0.15) is 0 Å². The summed E-state index contributed by atoms with van der Waals surface area (Å²) < 4.78 is 8.75. The van der Waals surface area contributed by atoms with E-state index >= 15 is 0 Å². The van der Waals surface area contributed by atoms with Gasteiger partial charge in [0.1, 0.15) is 11.2 Å². The van der Waals surface area contributed by atoms with Gasteiger partial charge in [0.2, 0.25) is 0 Å². The van der Waals surface area contributed by atoms with Crippen molar-refractivity contribution >= 4 is 122 Å². The minimum Gasteiger partial charge on any atom is -0.456 e. The van der Waals surface area contributed by atoms with Gasteiger partial charge in [0.15, 0.2) is 0 Å². The first-order valence-electron chi connectivity index (χ1n) is 34.5. The Bertz CT molecular complexity index is 5130. The second-order valence-electron chi connectivity index (χ2n) is 25.3. The fourth-order valence-corrected chi connectivity index (χ4v) is 15.1. The largest absolute Gasteiger partial charge is 0.456 e. The van der Waals surface area contributed by atoms with Gasteiger partial charge in [-0.15, -0.1) is 11.3 Å². The van der Waals surface area contributed by atoms with Crippen molar-refractivity contribution in [2.45, 2.75) is 0 Å². The summed E-state index contributed by atoms with van der Waals surface area (Å²) in [5.74, 6) is 0. The smallest absolute Gasteiger partial charge is 0.135 e. The van der Waals surface area contributed by atoms with Crippen molar-refractivity contribution < 1.29 is 4.42 Å². The number of fused-ring (bicyclic) bond motifs is 6. The van der Waals surface area contributed by atoms with Gasteiger partial charge in [-0.1, -0.05) is 243 Å². The number of nitrogens with zero attached hydrogens (tertiary/aromatic N) is 4. The molecule has 5 nitrogen and oxygen atoms in total. The molecule has 6 heteroatoms. The van der Waals surface area contributed by atoms with Crippen LogP contribution < -0.4 is 19.6 Å². The molecule has 0 unspecified atom stereocenters. The van der Waals surface area contributed by atoms with Crippen LogP contribution in [0.2, 0.25) is 0 Å². The first kappa shape index (κ1) is 62.3. The van der Waals surface area contributed by atoms with Gasteiger partial charge in [0.05, 0.1) is 0 Å². The number of rotatable bonds is 16. The van der Waals surface area contributed by atoms with Crippen molar-refractivity contribution in [1.82, 2.24) is 0 Å². The number of anilines is 12. The van der Waals surface area contributed by atoms with E-state index in [-0.39, 0.29) is 0 Å². The van der Waals surface area contributed by atoms with E-state index in [1.54, 1.807) is 0 Å². The van der Waals surface area contributed by atoms with Crippen LogP contribution in [0.25, 0.3) is 86.6 Å². The van der Waals surface area contributed by atoms with E-state index in [2.05, 4.69) is 420 Å². The summed E-state index contributed by atoms with van der Waals surface area (Å²) in [4.78, 5) is 9.35. The van der Waals surface area contributed by atoms with E-state index in [0.717, 1.165) is 124 Å². The third-order valence-corrected chi connectivity index (χ3v) is 20.0. The van der Waals surface area contributed by atoms with Gasteiger partial charge in [-0.25, -0.2) is 0 Å². The molecule has 0 radical (unpaired) electrons. The molecule has 16 aromatic carbocycles. The summed E-state index contributed by atoms with van der Waals surface area (Å²) >= 11 is 1.86. The van der Waals surface area contributed by atoms with Gasteiger partial charge >= 0.3 is 0 Å².